The molecule has 0 fully saturated rings. The van der Waals surface area contributed by atoms with Gasteiger partial charge in [-0.15, -0.1) is 0 Å². The van der Waals surface area contributed by atoms with E-state index in [4.69, 9.17) is 0 Å². The van der Waals surface area contributed by atoms with Gasteiger partial charge in [-0.2, -0.15) is 0 Å². The summed E-state index contributed by atoms with van der Waals surface area (Å²) >= 11 is 0. The summed E-state index contributed by atoms with van der Waals surface area (Å²) in [6.45, 7) is 5.37. The Balaban J connectivity index is 1.22. The third kappa shape index (κ3) is 4.87. The number of rotatable bonds is 6. The maximum atomic E-state index is 12.6. The van der Waals surface area contributed by atoms with E-state index in [9.17, 15) is 4.79 Å². The Morgan fingerprint density at radius 2 is 1.87 bits per heavy atom. The first kappa shape index (κ1) is 20.9. The van der Waals surface area contributed by atoms with Crippen LogP contribution in [0.2, 0.25) is 0 Å². The van der Waals surface area contributed by atoms with Crippen LogP contribution in [0.1, 0.15) is 23.4 Å². The Morgan fingerprint density at radius 3 is 2.71 bits per heavy atom. The number of fused-ring (bicyclic) bond motifs is 2. The predicted molar refractivity (Wildman–Crippen MR) is 124 cm³/mol. The minimum atomic E-state index is 0.0953. The van der Waals surface area contributed by atoms with Gasteiger partial charge in [0.15, 0.2) is 5.96 Å². The predicted octanol–water partition coefficient (Wildman–Crippen LogP) is 2.48. The van der Waals surface area contributed by atoms with E-state index in [1.807, 2.05) is 36.1 Å². The van der Waals surface area contributed by atoms with Crippen LogP contribution in [0.15, 0.2) is 53.5 Å². The second-order valence-corrected chi connectivity index (χ2v) is 7.84. The van der Waals surface area contributed by atoms with E-state index in [0.717, 1.165) is 49.3 Å². The summed E-state index contributed by atoms with van der Waals surface area (Å²) < 4.78 is 2.24. The lowest BCUT2D eigenvalue weighted by atomic mass is 10.00. The van der Waals surface area contributed by atoms with Crippen LogP contribution in [0.4, 0.5) is 0 Å². The molecule has 0 saturated carbocycles. The summed E-state index contributed by atoms with van der Waals surface area (Å²) in [4.78, 5) is 23.4. The van der Waals surface area contributed by atoms with Crippen LogP contribution < -0.4 is 10.6 Å². The molecule has 31 heavy (non-hydrogen) atoms. The SMILES string of the molecule is CN=C(NCCCn1c(C)nc2ccccc21)NCC(=O)N1CCc2ccccc2C1. The van der Waals surface area contributed by atoms with Gasteiger partial charge in [-0.1, -0.05) is 36.4 Å². The molecule has 0 radical (unpaired) electrons. The van der Waals surface area contributed by atoms with Crippen molar-refractivity contribution in [2.24, 2.45) is 4.99 Å². The van der Waals surface area contributed by atoms with Gasteiger partial charge in [0.05, 0.1) is 17.6 Å². The van der Waals surface area contributed by atoms with Crippen molar-refractivity contribution in [2.75, 3.05) is 26.7 Å². The van der Waals surface area contributed by atoms with Crippen LogP contribution in [0.3, 0.4) is 0 Å². The lowest BCUT2D eigenvalue weighted by molar-refractivity contribution is -0.130. The lowest BCUT2D eigenvalue weighted by Crippen LogP contribution is -2.46. The fraction of sp³-hybridized carbons (Fsp3) is 0.375. The van der Waals surface area contributed by atoms with Gasteiger partial charge in [-0.05, 0) is 43.0 Å². The minimum absolute atomic E-state index is 0.0953. The first-order chi connectivity index (χ1) is 15.2. The molecule has 0 bridgehead atoms. The molecule has 2 N–H and O–H groups in total. The number of aryl methyl sites for hydroxylation is 2. The van der Waals surface area contributed by atoms with Crippen LogP contribution in [-0.4, -0.2) is 53.0 Å². The molecule has 162 valence electrons. The highest BCUT2D eigenvalue weighted by atomic mass is 16.2. The zero-order valence-electron chi connectivity index (χ0n) is 18.3. The number of nitrogens with zero attached hydrogens (tertiary/aromatic N) is 4. The van der Waals surface area contributed by atoms with E-state index in [1.54, 1.807) is 7.05 Å². The van der Waals surface area contributed by atoms with Crippen molar-refractivity contribution in [1.82, 2.24) is 25.1 Å². The molecule has 0 atom stereocenters. The Kier molecular flexibility index (Phi) is 6.50. The lowest BCUT2D eigenvalue weighted by Gasteiger charge is -2.29. The standard InChI is InChI=1S/C24H30N6O/c1-18-28-21-10-5-6-11-22(21)30(18)14-7-13-26-24(25-2)27-16-23(31)29-15-12-19-8-3-4-9-20(19)17-29/h3-6,8-11H,7,12-17H2,1-2H3,(H2,25,26,27). The second kappa shape index (κ2) is 9.64. The second-order valence-electron chi connectivity index (χ2n) is 7.84. The van der Waals surface area contributed by atoms with E-state index in [0.29, 0.717) is 12.5 Å². The summed E-state index contributed by atoms with van der Waals surface area (Å²) in [6, 6.07) is 16.6. The number of aliphatic imine (C=N–C) groups is 1. The Labute approximate surface area is 183 Å². The molecule has 0 unspecified atom stereocenters. The van der Waals surface area contributed by atoms with E-state index >= 15 is 0 Å². The van der Waals surface area contributed by atoms with Gasteiger partial charge < -0.3 is 20.1 Å². The number of guanidine groups is 1. The zero-order valence-corrected chi connectivity index (χ0v) is 18.3. The molecule has 0 spiro atoms. The molecular formula is C24H30N6O. The maximum Gasteiger partial charge on any atom is 0.242 e. The van der Waals surface area contributed by atoms with Crippen LogP contribution >= 0.6 is 0 Å². The molecular weight excluding hydrogens is 388 g/mol. The maximum absolute atomic E-state index is 12.6. The molecule has 1 aromatic heterocycles. The van der Waals surface area contributed by atoms with Crippen molar-refractivity contribution in [3.8, 4) is 0 Å². The first-order valence-electron chi connectivity index (χ1n) is 10.9. The molecule has 4 rings (SSSR count). The number of benzene rings is 2. The van der Waals surface area contributed by atoms with Crippen LogP contribution in [0.25, 0.3) is 11.0 Å². The molecule has 1 aliphatic heterocycles. The number of para-hydroxylation sites is 2. The minimum Gasteiger partial charge on any atom is -0.356 e. The number of hydrogen-bond acceptors (Lipinski definition) is 3. The van der Waals surface area contributed by atoms with Gasteiger partial charge in [-0.25, -0.2) is 4.98 Å². The van der Waals surface area contributed by atoms with Crippen molar-refractivity contribution in [1.29, 1.82) is 0 Å². The number of aromatic nitrogens is 2. The van der Waals surface area contributed by atoms with E-state index in [-0.39, 0.29) is 12.5 Å². The van der Waals surface area contributed by atoms with Crippen molar-refractivity contribution in [3.63, 3.8) is 0 Å². The third-order valence-corrected chi connectivity index (χ3v) is 5.81. The summed E-state index contributed by atoms with van der Waals surface area (Å²) in [7, 11) is 1.73. The average molecular weight is 419 g/mol. The van der Waals surface area contributed by atoms with Crippen molar-refractivity contribution in [2.45, 2.75) is 32.9 Å². The molecule has 1 amide bonds. The molecule has 2 aromatic carbocycles. The zero-order chi connectivity index (χ0) is 21.6. The number of carbonyl (C=O) groups is 1. The van der Waals surface area contributed by atoms with E-state index < -0.39 is 0 Å². The number of hydrogen-bond donors (Lipinski definition) is 2. The van der Waals surface area contributed by atoms with Crippen LogP contribution in [0.5, 0.6) is 0 Å². The van der Waals surface area contributed by atoms with Gasteiger partial charge in [0.25, 0.3) is 0 Å². The van der Waals surface area contributed by atoms with E-state index in [1.165, 1.54) is 11.1 Å². The average Bonchev–Trinajstić information content (AvgIpc) is 3.13. The molecule has 7 heteroatoms. The van der Waals surface area contributed by atoms with Crippen molar-refractivity contribution >= 4 is 22.9 Å². The highest BCUT2D eigenvalue weighted by Gasteiger charge is 2.20. The van der Waals surface area contributed by atoms with Crippen molar-refractivity contribution in [3.05, 3.63) is 65.5 Å². The fourth-order valence-corrected chi connectivity index (χ4v) is 4.12. The monoisotopic (exact) mass is 418 g/mol. The van der Waals surface area contributed by atoms with Crippen LogP contribution in [-0.2, 0) is 24.3 Å². The van der Waals surface area contributed by atoms with Gasteiger partial charge in [0.2, 0.25) is 5.91 Å². The van der Waals surface area contributed by atoms with Crippen molar-refractivity contribution < 1.29 is 4.79 Å². The number of amides is 1. The van der Waals surface area contributed by atoms with Gasteiger partial charge in [-0.3, -0.25) is 9.79 Å². The molecule has 2 heterocycles. The Hall–Kier alpha value is -3.35. The molecule has 1 aliphatic rings. The normalized spacial score (nSPS) is 13.9. The molecule has 3 aromatic rings. The molecule has 7 nitrogen and oxygen atoms in total. The smallest absolute Gasteiger partial charge is 0.242 e. The number of nitrogens with one attached hydrogen (secondary N) is 2. The summed E-state index contributed by atoms with van der Waals surface area (Å²) in [5.74, 6) is 1.77. The highest BCUT2D eigenvalue weighted by molar-refractivity contribution is 5.86. The quantitative estimate of drug-likeness (QED) is 0.366. The molecule has 0 saturated heterocycles. The highest BCUT2D eigenvalue weighted by Crippen LogP contribution is 2.18. The number of imidazole rings is 1. The summed E-state index contributed by atoms with van der Waals surface area (Å²) in [6.07, 6.45) is 1.84. The van der Waals surface area contributed by atoms with Gasteiger partial charge in [0, 0.05) is 33.2 Å². The first-order valence-corrected chi connectivity index (χ1v) is 10.9. The Morgan fingerprint density at radius 1 is 1.10 bits per heavy atom. The fourth-order valence-electron chi connectivity index (χ4n) is 4.12. The van der Waals surface area contributed by atoms with Gasteiger partial charge in [0.1, 0.15) is 5.82 Å². The Bertz CT molecular complexity index is 1090. The molecule has 0 aliphatic carbocycles. The van der Waals surface area contributed by atoms with Gasteiger partial charge >= 0.3 is 0 Å². The van der Waals surface area contributed by atoms with Crippen LogP contribution in [0, 0.1) is 6.92 Å². The summed E-state index contributed by atoms with van der Waals surface area (Å²) in [5.41, 5.74) is 4.78. The summed E-state index contributed by atoms with van der Waals surface area (Å²) in [5, 5.41) is 6.46. The third-order valence-electron chi connectivity index (χ3n) is 5.81. The topological polar surface area (TPSA) is 74.5 Å². The van der Waals surface area contributed by atoms with E-state index in [2.05, 4.69) is 49.4 Å². The largest absolute Gasteiger partial charge is 0.356 e. The number of carbonyl (C=O) groups excluding carboxylic acids is 1.